The maximum Gasteiger partial charge on any atom is 0.349 e. The molecule has 1 aromatic carbocycles. The van der Waals surface area contributed by atoms with E-state index in [4.69, 9.17) is 21.1 Å². The molecule has 1 heterocycles. The Labute approximate surface area is 120 Å². The van der Waals surface area contributed by atoms with Gasteiger partial charge in [-0.15, -0.1) is 11.3 Å². The lowest BCUT2D eigenvalue weighted by atomic mass is 10.3. The van der Waals surface area contributed by atoms with Gasteiger partial charge in [-0.05, 0) is 19.1 Å². The number of hydrogen-bond acceptors (Lipinski definition) is 5. The fourth-order valence-corrected chi connectivity index (χ4v) is 2.29. The third kappa shape index (κ3) is 3.68. The Morgan fingerprint density at radius 2 is 2.21 bits per heavy atom. The van der Waals surface area contributed by atoms with E-state index in [0.29, 0.717) is 27.3 Å². The van der Waals surface area contributed by atoms with Crippen molar-refractivity contribution in [3.63, 3.8) is 0 Å². The average Bonchev–Trinajstić information content (AvgIpc) is 2.87. The number of carbonyl (C=O) groups is 1. The first-order valence-electron chi connectivity index (χ1n) is 5.70. The van der Waals surface area contributed by atoms with Gasteiger partial charge in [-0.2, -0.15) is 0 Å². The molecule has 0 fully saturated rings. The van der Waals surface area contributed by atoms with Crippen molar-refractivity contribution in [3.05, 3.63) is 45.4 Å². The van der Waals surface area contributed by atoms with Gasteiger partial charge in [-0.3, -0.25) is 0 Å². The zero-order valence-electron chi connectivity index (χ0n) is 10.3. The van der Waals surface area contributed by atoms with Crippen LogP contribution in [0.15, 0.2) is 30.5 Å². The van der Waals surface area contributed by atoms with E-state index in [9.17, 15) is 4.79 Å². The van der Waals surface area contributed by atoms with E-state index in [1.165, 1.54) is 17.5 Å². The van der Waals surface area contributed by atoms with Gasteiger partial charge in [0.05, 0.1) is 17.8 Å². The number of halogens is 1. The van der Waals surface area contributed by atoms with Crippen LogP contribution in [0.1, 0.15) is 21.6 Å². The van der Waals surface area contributed by atoms with Gasteiger partial charge >= 0.3 is 5.97 Å². The number of benzene rings is 1. The minimum atomic E-state index is -0.357. The lowest BCUT2D eigenvalue weighted by Gasteiger charge is -2.05. The summed E-state index contributed by atoms with van der Waals surface area (Å²) in [5.74, 6) is 0.237. The number of hydrogen-bond donors (Lipinski definition) is 0. The number of thiazole rings is 1. The van der Waals surface area contributed by atoms with Crippen molar-refractivity contribution >= 4 is 28.9 Å². The van der Waals surface area contributed by atoms with Crippen LogP contribution in [0.4, 0.5) is 0 Å². The fourth-order valence-electron chi connectivity index (χ4n) is 1.37. The third-order valence-corrected chi connectivity index (χ3v) is 3.48. The van der Waals surface area contributed by atoms with Gasteiger partial charge in [0, 0.05) is 0 Å². The van der Waals surface area contributed by atoms with Crippen molar-refractivity contribution in [2.75, 3.05) is 6.61 Å². The fraction of sp³-hybridized carbons (Fsp3) is 0.231. The predicted octanol–water partition coefficient (Wildman–Crippen LogP) is 3.55. The molecule has 0 aliphatic rings. The number of esters is 1. The largest absolute Gasteiger partial charge is 0.485 e. The molecule has 0 N–H and O–H groups in total. The molecule has 2 aromatic rings. The highest BCUT2D eigenvalue weighted by molar-refractivity contribution is 7.13. The lowest BCUT2D eigenvalue weighted by molar-refractivity contribution is 0.0532. The molecular formula is C13H12ClNO3S. The zero-order chi connectivity index (χ0) is 13.7. The van der Waals surface area contributed by atoms with E-state index < -0.39 is 0 Å². The second-order valence-corrected chi connectivity index (χ2v) is 5.08. The van der Waals surface area contributed by atoms with Gasteiger partial charge < -0.3 is 9.47 Å². The number of ether oxygens (including phenoxy) is 2. The van der Waals surface area contributed by atoms with Gasteiger partial charge in [0.25, 0.3) is 0 Å². The number of para-hydroxylation sites is 1. The van der Waals surface area contributed by atoms with E-state index >= 15 is 0 Å². The molecule has 0 bridgehead atoms. The van der Waals surface area contributed by atoms with Gasteiger partial charge in [-0.1, -0.05) is 23.7 Å². The van der Waals surface area contributed by atoms with E-state index in [1.807, 2.05) is 12.1 Å². The van der Waals surface area contributed by atoms with Gasteiger partial charge in [0.1, 0.15) is 22.2 Å². The molecule has 0 aliphatic carbocycles. The normalized spacial score (nSPS) is 10.2. The molecule has 0 unspecified atom stereocenters. The summed E-state index contributed by atoms with van der Waals surface area (Å²) in [5.41, 5.74) is 0. The third-order valence-electron chi connectivity index (χ3n) is 2.22. The van der Waals surface area contributed by atoms with Gasteiger partial charge in [-0.25, -0.2) is 9.78 Å². The van der Waals surface area contributed by atoms with Crippen LogP contribution < -0.4 is 4.74 Å². The Balaban J connectivity index is 1.97. The molecule has 0 radical (unpaired) electrons. The standard InChI is InChI=1S/C13H12ClNO3S/c1-2-17-13(16)11-7-15-12(19-11)8-18-10-6-4-3-5-9(10)14/h3-7H,2,8H2,1H3. The predicted molar refractivity (Wildman–Crippen MR) is 73.9 cm³/mol. The second-order valence-electron chi connectivity index (χ2n) is 3.56. The Morgan fingerprint density at radius 1 is 1.42 bits per heavy atom. The monoisotopic (exact) mass is 297 g/mol. The quantitative estimate of drug-likeness (QED) is 0.792. The van der Waals surface area contributed by atoms with Gasteiger partial charge in [0.15, 0.2) is 0 Å². The maximum atomic E-state index is 11.5. The minimum Gasteiger partial charge on any atom is -0.485 e. The molecular weight excluding hydrogens is 286 g/mol. The first-order valence-corrected chi connectivity index (χ1v) is 6.89. The zero-order valence-corrected chi connectivity index (χ0v) is 11.8. The molecule has 0 amide bonds. The smallest absolute Gasteiger partial charge is 0.349 e. The molecule has 100 valence electrons. The molecule has 0 aliphatic heterocycles. The van der Waals surface area contributed by atoms with E-state index in [-0.39, 0.29) is 12.6 Å². The van der Waals surface area contributed by atoms with Crippen LogP contribution >= 0.6 is 22.9 Å². The molecule has 19 heavy (non-hydrogen) atoms. The summed E-state index contributed by atoms with van der Waals surface area (Å²) in [6, 6.07) is 7.20. The second kappa shape index (κ2) is 6.54. The van der Waals surface area contributed by atoms with Crippen LogP contribution in [0, 0.1) is 0 Å². The van der Waals surface area contributed by atoms with Gasteiger partial charge in [0.2, 0.25) is 0 Å². The number of rotatable bonds is 5. The molecule has 1 aromatic heterocycles. The Bertz CT molecular complexity index is 571. The van der Waals surface area contributed by atoms with Crippen LogP contribution in [-0.4, -0.2) is 17.6 Å². The van der Waals surface area contributed by atoms with Crippen LogP contribution in [0.5, 0.6) is 5.75 Å². The summed E-state index contributed by atoms with van der Waals surface area (Å²) in [6.45, 7) is 2.39. The summed E-state index contributed by atoms with van der Waals surface area (Å²) < 4.78 is 10.4. The first-order chi connectivity index (χ1) is 9.20. The molecule has 0 saturated carbocycles. The first kappa shape index (κ1) is 13.8. The summed E-state index contributed by atoms with van der Waals surface area (Å²) in [7, 11) is 0. The highest BCUT2D eigenvalue weighted by atomic mass is 35.5. The van der Waals surface area contributed by atoms with E-state index in [1.54, 1.807) is 19.1 Å². The Kier molecular flexibility index (Phi) is 4.76. The molecule has 0 atom stereocenters. The van der Waals surface area contributed by atoms with E-state index in [0.717, 1.165) is 0 Å². The van der Waals surface area contributed by atoms with Crippen molar-refractivity contribution < 1.29 is 14.3 Å². The SMILES string of the molecule is CCOC(=O)c1cnc(COc2ccccc2Cl)s1. The highest BCUT2D eigenvalue weighted by Gasteiger charge is 2.11. The number of carbonyl (C=O) groups excluding carboxylic acids is 1. The molecule has 6 heteroatoms. The van der Waals surface area contributed by atoms with Crippen LogP contribution in [0.3, 0.4) is 0 Å². The Hall–Kier alpha value is -1.59. The van der Waals surface area contributed by atoms with Crippen LogP contribution in [0.2, 0.25) is 5.02 Å². The van der Waals surface area contributed by atoms with Crippen molar-refractivity contribution in [2.45, 2.75) is 13.5 Å². The Morgan fingerprint density at radius 3 is 2.95 bits per heavy atom. The average molecular weight is 298 g/mol. The summed E-state index contributed by atoms with van der Waals surface area (Å²) >= 11 is 7.22. The van der Waals surface area contributed by atoms with Crippen molar-refractivity contribution in [2.24, 2.45) is 0 Å². The molecule has 0 saturated heterocycles. The summed E-state index contributed by atoms with van der Waals surface area (Å²) in [4.78, 5) is 16.1. The summed E-state index contributed by atoms with van der Waals surface area (Å²) in [5, 5.41) is 1.24. The molecule has 4 nitrogen and oxygen atoms in total. The number of aromatic nitrogens is 1. The van der Waals surface area contributed by atoms with E-state index in [2.05, 4.69) is 4.98 Å². The van der Waals surface area contributed by atoms with Crippen molar-refractivity contribution in [3.8, 4) is 5.75 Å². The molecule has 0 spiro atoms. The summed E-state index contributed by atoms with van der Waals surface area (Å²) in [6.07, 6.45) is 1.49. The minimum absolute atomic E-state index is 0.272. The maximum absolute atomic E-state index is 11.5. The highest BCUT2D eigenvalue weighted by Crippen LogP contribution is 2.25. The van der Waals surface area contributed by atoms with Crippen molar-refractivity contribution in [1.29, 1.82) is 0 Å². The topological polar surface area (TPSA) is 48.4 Å². The number of nitrogens with zero attached hydrogens (tertiary/aromatic N) is 1. The van der Waals surface area contributed by atoms with Crippen LogP contribution in [-0.2, 0) is 11.3 Å². The lowest BCUT2D eigenvalue weighted by Crippen LogP contribution is -2.01. The van der Waals surface area contributed by atoms with Crippen molar-refractivity contribution in [1.82, 2.24) is 4.98 Å². The molecule has 2 rings (SSSR count). The van der Waals surface area contributed by atoms with Crippen LogP contribution in [0.25, 0.3) is 0 Å².